The molecule has 0 saturated carbocycles. The molecule has 1 unspecified atom stereocenters. The van der Waals surface area contributed by atoms with Gasteiger partial charge in [0.25, 0.3) is 0 Å². The lowest BCUT2D eigenvalue weighted by Crippen LogP contribution is -2.38. The average molecular weight is 271 g/mol. The van der Waals surface area contributed by atoms with Gasteiger partial charge in [0.1, 0.15) is 22.8 Å². The van der Waals surface area contributed by atoms with Crippen LogP contribution in [0.2, 0.25) is 5.15 Å². The summed E-state index contributed by atoms with van der Waals surface area (Å²) >= 11 is 5.97. The molecule has 100 valence electrons. The third kappa shape index (κ3) is 3.84. The first-order valence-corrected chi connectivity index (χ1v) is 6.38. The molecule has 0 bridgehead atoms. The zero-order valence-corrected chi connectivity index (χ0v) is 11.9. The van der Waals surface area contributed by atoms with Crippen LogP contribution >= 0.6 is 11.6 Å². The quantitative estimate of drug-likeness (QED) is 0.804. The Bertz CT molecular complexity index is 436. The third-order valence-corrected chi connectivity index (χ3v) is 2.86. The SMILES string of the molecule is CCCNC(=O)C(C)Nc1nc(C)nc(Cl)c1C. The highest BCUT2D eigenvalue weighted by atomic mass is 35.5. The monoisotopic (exact) mass is 270 g/mol. The molecule has 0 aliphatic carbocycles. The van der Waals surface area contributed by atoms with E-state index >= 15 is 0 Å². The minimum Gasteiger partial charge on any atom is -0.358 e. The number of hydrogen-bond acceptors (Lipinski definition) is 4. The van der Waals surface area contributed by atoms with Crippen molar-refractivity contribution < 1.29 is 4.79 Å². The van der Waals surface area contributed by atoms with Gasteiger partial charge in [0.15, 0.2) is 0 Å². The minimum absolute atomic E-state index is 0.0522. The number of rotatable bonds is 5. The molecule has 0 radical (unpaired) electrons. The first-order valence-electron chi connectivity index (χ1n) is 6.00. The summed E-state index contributed by atoms with van der Waals surface area (Å²) in [6.07, 6.45) is 0.913. The van der Waals surface area contributed by atoms with E-state index in [-0.39, 0.29) is 11.9 Å². The van der Waals surface area contributed by atoms with Crippen molar-refractivity contribution >= 4 is 23.3 Å². The number of nitrogens with one attached hydrogen (secondary N) is 2. The maximum absolute atomic E-state index is 11.7. The highest BCUT2D eigenvalue weighted by Gasteiger charge is 2.15. The lowest BCUT2D eigenvalue weighted by atomic mass is 10.2. The fourth-order valence-corrected chi connectivity index (χ4v) is 1.62. The van der Waals surface area contributed by atoms with Gasteiger partial charge in [0, 0.05) is 12.1 Å². The summed E-state index contributed by atoms with van der Waals surface area (Å²) in [7, 11) is 0. The number of nitrogens with zero attached hydrogens (tertiary/aromatic N) is 2. The Kier molecular flexibility index (Phi) is 5.34. The van der Waals surface area contributed by atoms with Crippen LogP contribution in [-0.4, -0.2) is 28.5 Å². The van der Waals surface area contributed by atoms with Crippen LogP contribution in [0, 0.1) is 13.8 Å². The highest BCUT2D eigenvalue weighted by molar-refractivity contribution is 6.30. The van der Waals surface area contributed by atoms with Crippen molar-refractivity contribution in [1.82, 2.24) is 15.3 Å². The normalized spacial score (nSPS) is 12.1. The minimum atomic E-state index is -0.361. The Morgan fingerprint density at radius 1 is 1.39 bits per heavy atom. The van der Waals surface area contributed by atoms with Gasteiger partial charge in [0.2, 0.25) is 5.91 Å². The second-order valence-corrected chi connectivity index (χ2v) is 4.55. The zero-order chi connectivity index (χ0) is 13.7. The molecule has 1 aromatic heterocycles. The smallest absolute Gasteiger partial charge is 0.242 e. The third-order valence-electron chi connectivity index (χ3n) is 2.49. The number of halogens is 1. The lowest BCUT2D eigenvalue weighted by molar-refractivity contribution is -0.121. The number of anilines is 1. The Hall–Kier alpha value is -1.36. The summed E-state index contributed by atoms with van der Waals surface area (Å²) in [5.41, 5.74) is 0.748. The van der Waals surface area contributed by atoms with Crippen LogP contribution in [-0.2, 0) is 4.79 Å². The van der Waals surface area contributed by atoms with Crippen LogP contribution in [0.5, 0.6) is 0 Å². The molecule has 0 aromatic carbocycles. The molecule has 18 heavy (non-hydrogen) atoms. The van der Waals surface area contributed by atoms with E-state index in [9.17, 15) is 4.79 Å². The van der Waals surface area contributed by atoms with Gasteiger partial charge >= 0.3 is 0 Å². The fourth-order valence-electron chi connectivity index (χ4n) is 1.41. The predicted octanol–water partition coefficient (Wildman–Crippen LogP) is 2.07. The van der Waals surface area contributed by atoms with E-state index in [0.717, 1.165) is 12.0 Å². The Labute approximate surface area is 112 Å². The Balaban J connectivity index is 2.75. The highest BCUT2D eigenvalue weighted by Crippen LogP contribution is 2.20. The van der Waals surface area contributed by atoms with Crippen LogP contribution in [0.3, 0.4) is 0 Å². The van der Waals surface area contributed by atoms with Gasteiger partial charge in [-0.2, -0.15) is 0 Å². The molecule has 1 atom stereocenters. The number of carbonyl (C=O) groups excluding carboxylic acids is 1. The molecule has 1 aromatic rings. The second kappa shape index (κ2) is 6.54. The summed E-state index contributed by atoms with van der Waals surface area (Å²) in [5, 5.41) is 6.28. The standard InChI is InChI=1S/C12H19ClN4O/c1-5-6-14-12(18)8(3)15-11-7(2)10(13)16-9(4)17-11/h8H,5-6H2,1-4H3,(H,14,18)(H,15,16,17). The van der Waals surface area contributed by atoms with Gasteiger partial charge in [-0.1, -0.05) is 18.5 Å². The van der Waals surface area contributed by atoms with Crippen molar-refractivity contribution in [2.24, 2.45) is 0 Å². The molecular weight excluding hydrogens is 252 g/mol. The number of amides is 1. The molecule has 1 amide bonds. The van der Waals surface area contributed by atoms with Crippen molar-refractivity contribution in [2.45, 2.75) is 40.2 Å². The molecule has 0 spiro atoms. The first-order chi connectivity index (χ1) is 8.45. The van der Waals surface area contributed by atoms with Crippen LogP contribution in [0.1, 0.15) is 31.7 Å². The molecule has 0 saturated heterocycles. The number of carbonyl (C=O) groups is 1. The molecular formula is C12H19ClN4O. The largest absolute Gasteiger partial charge is 0.358 e. The van der Waals surface area contributed by atoms with E-state index in [4.69, 9.17) is 11.6 Å². The van der Waals surface area contributed by atoms with Crippen molar-refractivity contribution in [2.75, 3.05) is 11.9 Å². The van der Waals surface area contributed by atoms with Gasteiger partial charge in [-0.15, -0.1) is 0 Å². The predicted molar refractivity (Wildman–Crippen MR) is 72.9 cm³/mol. The first kappa shape index (κ1) is 14.7. The molecule has 0 aliphatic rings. The van der Waals surface area contributed by atoms with Crippen LogP contribution in [0.15, 0.2) is 0 Å². The van der Waals surface area contributed by atoms with E-state index in [1.165, 1.54) is 0 Å². The molecule has 0 aliphatic heterocycles. The average Bonchev–Trinajstić information content (AvgIpc) is 2.32. The summed E-state index contributed by atoms with van der Waals surface area (Å²) in [6.45, 7) is 8.05. The van der Waals surface area contributed by atoms with Gasteiger partial charge in [-0.25, -0.2) is 9.97 Å². The van der Waals surface area contributed by atoms with E-state index < -0.39 is 0 Å². The topological polar surface area (TPSA) is 66.9 Å². The second-order valence-electron chi connectivity index (χ2n) is 4.19. The Morgan fingerprint density at radius 3 is 2.67 bits per heavy atom. The van der Waals surface area contributed by atoms with E-state index in [1.54, 1.807) is 13.8 Å². The Morgan fingerprint density at radius 2 is 2.06 bits per heavy atom. The van der Waals surface area contributed by atoms with E-state index in [1.807, 2.05) is 13.8 Å². The van der Waals surface area contributed by atoms with Gasteiger partial charge in [0.05, 0.1) is 0 Å². The summed E-state index contributed by atoms with van der Waals surface area (Å²) in [4.78, 5) is 20.0. The van der Waals surface area contributed by atoms with Gasteiger partial charge in [-0.05, 0) is 27.2 Å². The van der Waals surface area contributed by atoms with Crippen LogP contribution in [0.4, 0.5) is 5.82 Å². The molecule has 2 N–H and O–H groups in total. The van der Waals surface area contributed by atoms with E-state index in [0.29, 0.717) is 23.3 Å². The maximum atomic E-state index is 11.7. The molecule has 1 rings (SSSR count). The summed E-state index contributed by atoms with van der Waals surface area (Å²) in [5.74, 6) is 1.13. The van der Waals surface area contributed by atoms with Gasteiger partial charge in [-0.3, -0.25) is 4.79 Å². The van der Waals surface area contributed by atoms with Crippen molar-refractivity contribution in [1.29, 1.82) is 0 Å². The van der Waals surface area contributed by atoms with Gasteiger partial charge < -0.3 is 10.6 Å². The fraction of sp³-hybridized carbons (Fsp3) is 0.583. The van der Waals surface area contributed by atoms with Crippen molar-refractivity contribution in [3.63, 3.8) is 0 Å². The van der Waals surface area contributed by atoms with Crippen molar-refractivity contribution in [3.05, 3.63) is 16.5 Å². The molecule has 5 nitrogen and oxygen atoms in total. The molecule has 0 fully saturated rings. The van der Waals surface area contributed by atoms with E-state index in [2.05, 4.69) is 20.6 Å². The maximum Gasteiger partial charge on any atom is 0.242 e. The lowest BCUT2D eigenvalue weighted by Gasteiger charge is -2.16. The van der Waals surface area contributed by atoms with Crippen LogP contribution in [0.25, 0.3) is 0 Å². The van der Waals surface area contributed by atoms with Crippen LogP contribution < -0.4 is 10.6 Å². The number of aryl methyl sites for hydroxylation is 1. The molecule has 6 heteroatoms. The summed E-state index contributed by atoms with van der Waals surface area (Å²) in [6, 6.07) is -0.361. The zero-order valence-electron chi connectivity index (χ0n) is 11.2. The summed E-state index contributed by atoms with van der Waals surface area (Å²) < 4.78 is 0. The number of aromatic nitrogens is 2. The molecule has 1 heterocycles. The van der Waals surface area contributed by atoms with Crippen molar-refractivity contribution in [3.8, 4) is 0 Å². The number of hydrogen-bond donors (Lipinski definition) is 2.